The maximum atomic E-state index is 14.1. The van der Waals surface area contributed by atoms with Crippen molar-refractivity contribution in [2.45, 2.75) is 12.8 Å². The molecule has 0 aliphatic carbocycles. The van der Waals surface area contributed by atoms with E-state index < -0.39 is 0 Å². The second kappa shape index (κ2) is 6.36. The highest BCUT2D eigenvalue weighted by molar-refractivity contribution is 9.10. The number of hydrogen-bond acceptors (Lipinski definition) is 3. The molecule has 1 aliphatic rings. The molecule has 19 heavy (non-hydrogen) atoms. The fourth-order valence-electron chi connectivity index (χ4n) is 2.34. The smallest absolute Gasteiger partial charge is 0.161 e. The van der Waals surface area contributed by atoms with Crippen LogP contribution in [-0.4, -0.2) is 38.1 Å². The average molecular weight is 326 g/mol. The van der Waals surface area contributed by atoms with Crippen LogP contribution in [0.4, 0.5) is 10.1 Å². The first kappa shape index (κ1) is 14.3. The topological polar surface area (TPSA) is 30.3 Å². The standard InChI is InChI=1S/C14H17BrFN3/c1-18(8-9-19-6-2-3-7-19)12-5-4-11(10-17)13(15)14(12)16/h4-5H,2-3,6-9H2,1H3. The third-order valence-electron chi connectivity index (χ3n) is 3.54. The van der Waals surface area contributed by atoms with Gasteiger partial charge in [-0.3, -0.25) is 0 Å². The lowest BCUT2D eigenvalue weighted by molar-refractivity contribution is 0.346. The van der Waals surface area contributed by atoms with Gasteiger partial charge in [0, 0.05) is 20.1 Å². The van der Waals surface area contributed by atoms with E-state index in [2.05, 4.69) is 20.8 Å². The Balaban J connectivity index is 2.04. The van der Waals surface area contributed by atoms with E-state index in [4.69, 9.17) is 5.26 Å². The predicted molar refractivity (Wildman–Crippen MR) is 77.8 cm³/mol. The van der Waals surface area contributed by atoms with Gasteiger partial charge in [-0.1, -0.05) is 0 Å². The summed E-state index contributed by atoms with van der Waals surface area (Å²) in [6.07, 6.45) is 2.53. The van der Waals surface area contributed by atoms with Crippen molar-refractivity contribution in [3.8, 4) is 6.07 Å². The van der Waals surface area contributed by atoms with Gasteiger partial charge in [0.1, 0.15) is 6.07 Å². The number of likely N-dealkylation sites (tertiary alicyclic amines) is 1. The van der Waals surface area contributed by atoms with E-state index >= 15 is 0 Å². The first-order chi connectivity index (χ1) is 9.13. The molecule has 0 unspecified atom stereocenters. The molecule has 0 atom stereocenters. The van der Waals surface area contributed by atoms with E-state index in [0.717, 1.165) is 26.2 Å². The molecule has 5 heteroatoms. The van der Waals surface area contributed by atoms with Crippen LogP contribution in [0.3, 0.4) is 0 Å². The number of nitriles is 1. The van der Waals surface area contributed by atoms with Gasteiger partial charge in [-0.15, -0.1) is 0 Å². The molecule has 3 nitrogen and oxygen atoms in total. The molecule has 1 aromatic rings. The minimum absolute atomic E-state index is 0.250. The SMILES string of the molecule is CN(CCN1CCCC1)c1ccc(C#N)c(Br)c1F. The summed E-state index contributed by atoms with van der Waals surface area (Å²) in [4.78, 5) is 4.30. The van der Waals surface area contributed by atoms with E-state index in [1.807, 2.05) is 18.0 Å². The lowest BCUT2D eigenvalue weighted by Crippen LogP contribution is -2.31. The van der Waals surface area contributed by atoms with Crippen LogP contribution in [0, 0.1) is 17.1 Å². The van der Waals surface area contributed by atoms with Crippen LogP contribution in [0.2, 0.25) is 0 Å². The Kier molecular flexibility index (Phi) is 4.78. The van der Waals surface area contributed by atoms with E-state index in [1.54, 1.807) is 12.1 Å². The van der Waals surface area contributed by atoms with Gasteiger partial charge >= 0.3 is 0 Å². The summed E-state index contributed by atoms with van der Waals surface area (Å²) in [7, 11) is 1.88. The van der Waals surface area contributed by atoms with Crippen LogP contribution < -0.4 is 4.90 Å². The highest BCUT2D eigenvalue weighted by atomic mass is 79.9. The van der Waals surface area contributed by atoms with Gasteiger partial charge in [-0.25, -0.2) is 4.39 Å². The summed E-state index contributed by atoms with van der Waals surface area (Å²) >= 11 is 3.14. The molecule has 0 spiro atoms. The molecule has 0 radical (unpaired) electrons. The Morgan fingerprint density at radius 3 is 2.74 bits per heavy atom. The summed E-state index contributed by atoms with van der Waals surface area (Å²) < 4.78 is 14.4. The van der Waals surface area contributed by atoms with Crippen molar-refractivity contribution in [3.63, 3.8) is 0 Å². The molecule has 102 valence electrons. The van der Waals surface area contributed by atoms with Crippen LogP contribution in [0.5, 0.6) is 0 Å². The van der Waals surface area contributed by atoms with Crippen molar-refractivity contribution < 1.29 is 4.39 Å². The average Bonchev–Trinajstić information content (AvgIpc) is 2.92. The molecule has 1 saturated heterocycles. The minimum atomic E-state index is -0.358. The molecule has 1 aromatic carbocycles. The highest BCUT2D eigenvalue weighted by Gasteiger charge is 2.16. The molecule has 0 aromatic heterocycles. The number of halogens is 2. The zero-order chi connectivity index (χ0) is 13.8. The number of anilines is 1. The lowest BCUT2D eigenvalue weighted by Gasteiger charge is -2.24. The van der Waals surface area contributed by atoms with Crippen molar-refractivity contribution in [2.24, 2.45) is 0 Å². The number of rotatable bonds is 4. The Hall–Kier alpha value is -1.12. The van der Waals surface area contributed by atoms with Crippen LogP contribution in [0.25, 0.3) is 0 Å². The van der Waals surface area contributed by atoms with Gasteiger partial charge in [0.25, 0.3) is 0 Å². The molecule has 1 aliphatic heterocycles. The fourth-order valence-corrected chi connectivity index (χ4v) is 2.76. The maximum Gasteiger partial charge on any atom is 0.161 e. The van der Waals surface area contributed by atoms with Gasteiger partial charge in [0.05, 0.1) is 15.7 Å². The fraction of sp³-hybridized carbons (Fsp3) is 0.500. The molecule has 1 heterocycles. The zero-order valence-corrected chi connectivity index (χ0v) is 12.6. The summed E-state index contributed by atoms with van der Waals surface area (Å²) in [6, 6.07) is 5.28. The summed E-state index contributed by atoms with van der Waals surface area (Å²) in [5.74, 6) is -0.358. The van der Waals surface area contributed by atoms with Gasteiger partial charge < -0.3 is 9.80 Å². The third-order valence-corrected chi connectivity index (χ3v) is 4.32. The van der Waals surface area contributed by atoms with Crippen LogP contribution in [0.1, 0.15) is 18.4 Å². The second-order valence-electron chi connectivity index (χ2n) is 4.84. The van der Waals surface area contributed by atoms with Gasteiger partial charge in [-0.2, -0.15) is 5.26 Å². The van der Waals surface area contributed by atoms with E-state index in [9.17, 15) is 4.39 Å². The van der Waals surface area contributed by atoms with E-state index in [0.29, 0.717) is 11.3 Å². The van der Waals surface area contributed by atoms with Crippen LogP contribution in [-0.2, 0) is 0 Å². The van der Waals surface area contributed by atoms with Gasteiger partial charge in [0.2, 0.25) is 0 Å². The Morgan fingerprint density at radius 2 is 2.11 bits per heavy atom. The summed E-state index contributed by atoms with van der Waals surface area (Å²) in [5, 5.41) is 8.85. The third kappa shape index (κ3) is 3.26. The van der Waals surface area contributed by atoms with Crippen molar-refractivity contribution in [3.05, 3.63) is 28.0 Å². The lowest BCUT2D eigenvalue weighted by atomic mass is 10.2. The number of nitrogens with zero attached hydrogens (tertiary/aromatic N) is 3. The van der Waals surface area contributed by atoms with E-state index in [-0.39, 0.29) is 10.3 Å². The molecule has 0 bridgehead atoms. The van der Waals surface area contributed by atoms with Crippen molar-refractivity contribution in [1.82, 2.24) is 4.90 Å². The van der Waals surface area contributed by atoms with Crippen molar-refractivity contribution >= 4 is 21.6 Å². The van der Waals surface area contributed by atoms with Gasteiger partial charge in [0.15, 0.2) is 5.82 Å². The van der Waals surface area contributed by atoms with Crippen LogP contribution >= 0.6 is 15.9 Å². The largest absolute Gasteiger partial charge is 0.371 e. The first-order valence-corrected chi connectivity index (χ1v) is 7.24. The Morgan fingerprint density at radius 1 is 1.42 bits per heavy atom. The predicted octanol–water partition coefficient (Wildman–Crippen LogP) is 2.99. The second-order valence-corrected chi connectivity index (χ2v) is 5.64. The Labute approximate surface area is 121 Å². The molecule has 0 N–H and O–H groups in total. The van der Waals surface area contributed by atoms with Crippen LogP contribution in [0.15, 0.2) is 16.6 Å². The number of likely N-dealkylation sites (N-methyl/N-ethyl adjacent to an activating group) is 1. The molecule has 0 saturated carbocycles. The molecular formula is C14H17BrFN3. The number of hydrogen-bond donors (Lipinski definition) is 0. The number of benzene rings is 1. The molecule has 0 amide bonds. The quantitative estimate of drug-likeness (QED) is 0.852. The normalized spacial score (nSPS) is 15.5. The highest BCUT2D eigenvalue weighted by Crippen LogP contribution is 2.28. The molecule has 2 rings (SSSR count). The zero-order valence-electron chi connectivity index (χ0n) is 11.0. The monoisotopic (exact) mass is 325 g/mol. The summed E-state index contributed by atoms with van der Waals surface area (Å²) in [5.41, 5.74) is 0.860. The molecular weight excluding hydrogens is 309 g/mol. The van der Waals surface area contributed by atoms with Gasteiger partial charge in [-0.05, 0) is 54.0 Å². The Bertz CT molecular complexity index is 492. The van der Waals surface area contributed by atoms with Crippen molar-refractivity contribution in [2.75, 3.05) is 38.1 Å². The minimum Gasteiger partial charge on any atom is -0.371 e. The summed E-state index contributed by atoms with van der Waals surface area (Å²) in [6.45, 7) is 4.03. The maximum absolute atomic E-state index is 14.1. The first-order valence-electron chi connectivity index (χ1n) is 6.45. The van der Waals surface area contributed by atoms with Crippen molar-refractivity contribution in [1.29, 1.82) is 5.26 Å². The molecule has 1 fully saturated rings. The van der Waals surface area contributed by atoms with E-state index in [1.165, 1.54) is 12.8 Å².